The molecule has 1 saturated heterocycles. The summed E-state index contributed by atoms with van der Waals surface area (Å²) in [6, 6.07) is 0. The molecule has 1 aliphatic heterocycles. The molecule has 1 heterocycles. The number of hydrogen-bond acceptors (Lipinski definition) is 3. The molecule has 5 heteroatoms. The molecule has 0 radical (unpaired) electrons. The molecule has 0 unspecified atom stereocenters. The topological polar surface area (TPSA) is 43.9 Å². The van der Waals surface area contributed by atoms with Gasteiger partial charge in [-0.1, -0.05) is 18.2 Å². The van der Waals surface area contributed by atoms with Gasteiger partial charge >= 0.3 is 0 Å². The summed E-state index contributed by atoms with van der Waals surface area (Å²) in [5.74, 6) is 0.218. The SMILES string of the molecule is C/C=C/C=C/C(=O)N1CCN(CC(=O)N(CC)CC)CC1. The fourth-order valence-corrected chi connectivity index (χ4v) is 2.35. The van der Waals surface area contributed by atoms with Crippen molar-refractivity contribution < 1.29 is 9.59 Å². The number of piperazine rings is 1. The van der Waals surface area contributed by atoms with Gasteiger partial charge in [0.05, 0.1) is 6.54 Å². The summed E-state index contributed by atoms with van der Waals surface area (Å²) in [7, 11) is 0. The minimum atomic E-state index is 0.0443. The van der Waals surface area contributed by atoms with Crippen LogP contribution in [-0.4, -0.2) is 72.3 Å². The molecule has 0 N–H and O–H groups in total. The third-order valence-electron chi connectivity index (χ3n) is 3.70. The first-order valence-electron chi connectivity index (χ1n) is 7.70. The van der Waals surface area contributed by atoms with Crippen molar-refractivity contribution >= 4 is 11.8 Å². The number of likely N-dealkylation sites (N-methyl/N-ethyl adjacent to an activating group) is 1. The Bertz CT molecular complexity index is 392. The van der Waals surface area contributed by atoms with Gasteiger partial charge in [0, 0.05) is 45.3 Å². The molecule has 0 aromatic heterocycles. The first-order valence-corrected chi connectivity index (χ1v) is 7.70. The second kappa shape index (κ2) is 9.34. The molecule has 0 aromatic rings. The maximum Gasteiger partial charge on any atom is 0.246 e. The Morgan fingerprint density at radius 3 is 2.19 bits per heavy atom. The third kappa shape index (κ3) is 5.71. The number of rotatable bonds is 6. The smallest absolute Gasteiger partial charge is 0.246 e. The number of amides is 2. The normalized spacial score (nSPS) is 16.8. The van der Waals surface area contributed by atoms with Crippen molar-refractivity contribution in [3.05, 3.63) is 24.3 Å². The van der Waals surface area contributed by atoms with Crippen LogP contribution in [0.4, 0.5) is 0 Å². The standard InChI is InChI=1S/C16H27N3O2/c1-4-7-8-9-15(20)19-12-10-17(11-13-19)14-16(21)18(5-2)6-3/h4,7-9H,5-6,10-14H2,1-3H3/b7-4+,9-8+. The average Bonchev–Trinajstić information content (AvgIpc) is 2.49. The van der Waals surface area contributed by atoms with Gasteiger partial charge in [0.1, 0.15) is 0 Å². The van der Waals surface area contributed by atoms with Crippen LogP contribution in [0.3, 0.4) is 0 Å². The van der Waals surface area contributed by atoms with Crippen molar-refractivity contribution in [2.45, 2.75) is 20.8 Å². The quantitative estimate of drug-likeness (QED) is 0.545. The molecule has 1 aliphatic rings. The van der Waals surface area contributed by atoms with Crippen molar-refractivity contribution in [3.8, 4) is 0 Å². The number of carbonyl (C=O) groups is 2. The van der Waals surface area contributed by atoms with Crippen LogP contribution in [0.5, 0.6) is 0 Å². The van der Waals surface area contributed by atoms with Crippen LogP contribution in [0.1, 0.15) is 20.8 Å². The zero-order valence-electron chi connectivity index (χ0n) is 13.4. The molecule has 0 aliphatic carbocycles. The molecule has 0 aromatic carbocycles. The zero-order chi connectivity index (χ0) is 15.7. The summed E-state index contributed by atoms with van der Waals surface area (Å²) in [6.07, 6.45) is 7.09. The summed E-state index contributed by atoms with van der Waals surface area (Å²) in [4.78, 5) is 29.8. The summed E-state index contributed by atoms with van der Waals surface area (Å²) >= 11 is 0. The van der Waals surface area contributed by atoms with Crippen LogP contribution < -0.4 is 0 Å². The molecule has 0 saturated carbocycles. The molecular formula is C16H27N3O2. The van der Waals surface area contributed by atoms with Crippen LogP contribution in [0.25, 0.3) is 0 Å². The maximum absolute atomic E-state index is 12.0. The van der Waals surface area contributed by atoms with E-state index >= 15 is 0 Å². The van der Waals surface area contributed by atoms with Gasteiger partial charge in [-0.3, -0.25) is 14.5 Å². The summed E-state index contributed by atoms with van der Waals surface area (Å²) in [6.45, 7) is 10.8. The first-order chi connectivity index (χ1) is 10.1. The molecular weight excluding hydrogens is 266 g/mol. The predicted octanol–water partition coefficient (Wildman–Crippen LogP) is 1.13. The Hall–Kier alpha value is -1.62. The molecule has 0 atom stereocenters. The van der Waals surface area contributed by atoms with Gasteiger partial charge < -0.3 is 9.80 Å². The minimum absolute atomic E-state index is 0.0443. The fourth-order valence-electron chi connectivity index (χ4n) is 2.35. The lowest BCUT2D eigenvalue weighted by atomic mass is 10.3. The molecule has 0 spiro atoms. The van der Waals surface area contributed by atoms with Gasteiger partial charge in [0.2, 0.25) is 11.8 Å². The second-order valence-corrected chi connectivity index (χ2v) is 5.05. The lowest BCUT2D eigenvalue weighted by molar-refractivity contribution is -0.133. The average molecular weight is 293 g/mol. The number of nitrogens with zero attached hydrogens (tertiary/aromatic N) is 3. The van der Waals surface area contributed by atoms with Crippen LogP contribution in [0.15, 0.2) is 24.3 Å². The van der Waals surface area contributed by atoms with Gasteiger partial charge in [-0.05, 0) is 20.8 Å². The zero-order valence-corrected chi connectivity index (χ0v) is 13.4. The molecule has 0 bridgehead atoms. The first kappa shape index (κ1) is 17.4. The Kier molecular flexibility index (Phi) is 7.75. The van der Waals surface area contributed by atoms with E-state index < -0.39 is 0 Å². The van der Waals surface area contributed by atoms with Crippen molar-refractivity contribution in [1.29, 1.82) is 0 Å². The number of hydrogen-bond donors (Lipinski definition) is 0. The largest absolute Gasteiger partial charge is 0.342 e. The molecule has 5 nitrogen and oxygen atoms in total. The number of carbonyl (C=O) groups excluding carboxylic acids is 2. The van der Waals surface area contributed by atoms with E-state index in [2.05, 4.69) is 4.90 Å². The van der Waals surface area contributed by atoms with E-state index in [-0.39, 0.29) is 11.8 Å². The van der Waals surface area contributed by atoms with E-state index in [0.717, 1.165) is 26.2 Å². The molecule has 1 rings (SSSR count). The lowest BCUT2D eigenvalue weighted by Crippen LogP contribution is -2.51. The Morgan fingerprint density at radius 1 is 1.05 bits per heavy atom. The van der Waals surface area contributed by atoms with Gasteiger partial charge in [-0.25, -0.2) is 0 Å². The Labute approximate surface area is 127 Å². The van der Waals surface area contributed by atoms with Crippen LogP contribution in [0.2, 0.25) is 0 Å². The molecule has 118 valence electrons. The molecule has 2 amide bonds. The van der Waals surface area contributed by atoms with Crippen LogP contribution in [-0.2, 0) is 9.59 Å². The highest BCUT2D eigenvalue weighted by Gasteiger charge is 2.22. The van der Waals surface area contributed by atoms with E-state index in [1.807, 2.05) is 42.7 Å². The van der Waals surface area contributed by atoms with Crippen LogP contribution in [0, 0.1) is 0 Å². The highest BCUT2D eigenvalue weighted by molar-refractivity contribution is 5.88. The highest BCUT2D eigenvalue weighted by Crippen LogP contribution is 2.04. The Morgan fingerprint density at radius 2 is 1.67 bits per heavy atom. The van der Waals surface area contributed by atoms with Crippen molar-refractivity contribution in [1.82, 2.24) is 14.7 Å². The van der Waals surface area contributed by atoms with Gasteiger partial charge in [0.25, 0.3) is 0 Å². The number of allylic oxidation sites excluding steroid dienone is 3. The monoisotopic (exact) mass is 293 g/mol. The fraction of sp³-hybridized carbons (Fsp3) is 0.625. The van der Waals surface area contributed by atoms with Crippen molar-refractivity contribution in [2.75, 3.05) is 45.8 Å². The summed E-state index contributed by atoms with van der Waals surface area (Å²) in [5.41, 5.74) is 0. The summed E-state index contributed by atoms with van der Waals surface area (Å²) in [5, 5.41) is 0. The lowest BCUT2D eigenvalue weighted by Gasteiger charge is -2.34. The second-order valence-electron chi connectivity index (χ2n) is 5.05. The Balaban J connectivity index is 2.38. The van der Waals surface area contributed by atoms with E-state index in [1.54, 1.807) is 12.2 Å². The van der Waals surface area contributed by atoms with E-state index in [0.29, 0.717) is 19.6 Å². The summed E-state index contributed by atoms with van der Waals surface area (Å²) < 4.78 is 0. The third-order valence-corrected chi connectivity index (χ3v) is 3.70. The predicted molar refractivity (Wildman–Crippen MR) is 84.9 cm³/mol. The molecule has 21 heavy (non-hydrogen) atoms. The van der Waals surface area contributed by atoms with Gasteiger partial charge in [-0.15, -0.1) is 0 Å². The van der Waals surface area contributed by atoms with E-state index in [4.69, 9.17) is 0 Å². The van der Waals surface area contributed by atoms with E-state index in [9.17, 15) is 9.59 Å². The molecule has 1 fully saturated rings. The van der Waals surface area contributed by atoms with Gasteiger partial charge in [0.15, 0.2) is 0 Å². The van der Waals surface area contributed by atoms with Crippen molar-refractivity contribution in [2.24, 2.45) is 0 Å². The van der Waals surface area contributed by atoms with Crippen molar-refractivity contribution in [3.63, 3.8) is 0 Å². The highest BCUT2D eigenvalue weighted by atomic mass is 16.2. The van der Waals surface area contributed by atoms with E-state index in [1.165, 1.54) is 0 Å². The maximum atomic E-state index is 12.0. The minimum Gasteiger partial charge on any atom is -0.342 e. The van der Waals surface area contributed by atoms with Gasteiger partial charge in [-0.2, -0.15) is 0 Å². The van der Waals surface area contributed by atoms with Crippen LogP contribution >= 0.6 is 0 Å².